The number of benzene rings is 2. The highest BCUT2D eigenvalue weighted by Gasteiger charge is 2.25. The minimum Gasteiger partial charge on any atom is -0.359 e. The molecule has 3 nitrogen and oxygen atoms in total. The molecule has 132 valence electrons. The molecular formula is C20H22F2N2O. The molecule has 1 aliphatic heterocycles. The van der Waals surface area contributed by atoms with Crippen molar-refractivity contribution in [1.82, 2.24) is 5.32 Å². The Labute approximate surface area is 146 Å². The zero-order chi connectivity index (χ0) is 18.0. The summed E-state index contributed by atoms with van der Waals surface area (Å²) in [6.45, 7) is 4.01. The van der Waals surface area contributed by atoms with E-state index in [0.29, 0.717) is 0 Å². The van der Waals surface area contributed by atoms with E-state index in [2.05, 4.69) is 23.2 Å². The number of hydrogen-bond acceptors (Lipinski definition) is 2. The summed E-state index contributed by atoms with van der Waals surface area (Å²) in [5, 5.41) is 2.81. The van der Waals surface area contributed by atoms with E-state index in [4.69, 9.17) is 0 Å². The standard InChI is InChI=1S/C20H22F2N2O/c1-13-7-8-15-5-3-4-6-19(15)24(13)12-20(25)23-14(2)17-10-9-16(21)11-18(17)22/h3-6,9-11,13-14H,7-8,12H2,1-2H3,(H,23,25)/t13-,14+/m0/s1. The van der Waals surface area contributed by atoms with E-state index in [1.807, 2.05) is 18.2 Å². The Kier molecular flexibility index (Phi) is 5.02. The van der Waals surface area contributed by atoms with Crippen LogP contribution in [0.3, 0.4) is 0 Å². The number of fused-ring (bicyclic) bond motifs is 1. The zero-order valence-corrected chi connectivity index (χ0v) is 14.4. The molecule has 2 atom stereocenters. The summed E-state index contributed by atoms with van der Waals surface area (Å²) in [5.41, 5.74) is 2.60. The molecule has 0 spiro atoms. The van der Waals surface area contributed by atoms with Gasteiger partial charge in [-0.25, -0.2) is 8.78 Å². The SMILES string of the molecule is C[C@@H](NC(=O)CN1c2ccccc2CC[C@@H]1C)c1ccc(F)cc1F. The Bertz CT molecular complexity index is 778. The van der Waals surface area contributed by atoms with Crippen LogP contribution in [0.2, 0.25) is 0 Å². The largest absolute Gasteiger partial charge is 0.359 e. The maximum Gasteiger partial charge on any atom is 0.240 e. The average Bonchev–Trinajstić information content (AvgIpc) is 2.57. The third-order valence-electron chi connectivity index (χ3n) is 4.79. The first kappa shape index (κ1) is 17.4. The Morgan fingerprint density at radius 3 is 2.80 bits per heavy atom. The first-order valence-electron chi connectivity index (χ1n) is 8.54. The van der Waals surface area contributed by atoms with Gasteiger partial charge in [-0.3, -0.25) is 4.79 Å². The van der Waals surface area contributed by atoms with Crippen LogP contribution in [0.25, 0.3) is 0 Å². The topological polar surface area (TPSA) is 32.3 Å². The molecule has 3 rings (SSSR count). The molecule has 0 fully saturated rings. The van der Waals surface area contributed by atoms with Crippen LogP contribution in [0.15, 0.2) is 42.5 Å². The molecule has 0 radical (unpaired) electrons. The number of halogens is 2. The number of rotatable bonds is 4. The van der Waals surface area contributed by atoms with E-state index in [-0.39, 0.29) is 24.1 Å². The number of carbonyl (C=O) groups excluding carboxylic acids is 1. The molecule has 1 aliphatic rings. The maximum atomic E-state index is 13.9. The van der Waals surface area contributed by atoms with Gasteiger partial charge < -0.3 is 10.2 Å². The summed E-state index contributed by atoms with van der Waals surface area (Å²) >= 11 is 0. The van der Waals surface area contributed by atoms with Gasteiger partial charge in [0.25, 0.3) is 0 Å². The first-order valence-corrected chi connectivity index (χ1v) is 8.54. The van der Waals surface area contributed by atoms with Gasteiger partial charge >= 0.3 is 0 Å². The number of anilines is 1. The Balaban J connectivity index is 1.70. The molecule has 0 aromatic heterocycles. The molecule has 0 bridgehead atoms. The molecule has 1 N–H and O–H groups in total. The molecule has 25 heavy (non-hydrogen) atoms. The van der Waals surface area contributed by atoms with E-state index in [9.17, 15) is 13.6 Å². The molecule has 0 saturated carbocycles. The van der Waals surface area contributed by atoms with Crippen molar-refractivity contribution in [1.29, 1.82) is 0 Å². The molecular weight excluding hydrogens is 322 g/mol. The second-order valence-corrected chi connectivity index (χ2v) is 6.60. The van der Waals surface area contributed by atoms with Crippen LogP contribution >= 0.6 is 0 Å². The summed E-state index contributed by atoms with van der Waals surface area (Å²) < 4.78 is 26.9. The van der Waals surface area contributed by atoms with E-state index in [1.54, 1.807) is 6.92 Å². The monoisotopic (exact) mass is 344 g/mol. The van der Waals surface area contributed by atoms with Crippen molar-refractivity contribution in [3.8, 4) is 0 Å². The molecule has 1 heterocycles. The van der Waals surface area contributed by atoms with Gasteiger partial charge in [-0.1, -0.05) is 24.3 Å². The molecule has 2 aromatic carbocycles. The maximum absolute atomic E-state index is 13.9. The number of carbonyl (C=O) groups is 1. The normalized spacial score (nSPS) is 17.8. The summed E-state index contributed by atoms with van der Waals surface area (Å²) in [6, 6.07) is 11.2. The van der Waals surface area contributed by atoms with Crippen LogP contribution in [0, 0.1) is 11.6 Å². The number of nitrogens with zero attached hydrogens (tertiary/aromatic N) is 1. The molecule has 0 aliphatic carbocycles. The van der Waals surface area contributed by atoms with Crippen molar-refractivity contribution in [2.75, 3.05) is 11.4 Å². The van der Waals surface area contributed by atoms with Crippen LogP contribution in [-0.4, -0.2) is 18.5 Å². The van der Waals surface area contributed by atoms with Gasteiger partial charge in [0.1, 0.15) is 11.6 Å². The fraction of sp³-hybridized carbons (Fsp3) is 0.350. The van der Waals surface area contributed by atoms with Gasteiger partial charge in [0.15, 0.2) is 0 Å². The predicted molar refractivity (Wildman–Crippen MR) is 94.5 cm³/mol. The van der Waals surface area contributed by atoms with Crippen molar-refractivity contribution in [3.63, 3.8) is 0 Å². The van der Waals surface area contributed by atoms with Gasteiger partial charge in [-0.05, 0) is 44.4 Å². The van der Waals surface area contributed by atoms with Gasteiger partial charge in [-0.2, -0.15) is 0 Å². The third kappa shape index (κ3) is 3.81. The van der Waals surface area contributed by atoms with Crippen molar-refractivity contribution in [2.45, 2.75) is 38.8 Å². The van der Waals surface area contributed by atoms with Crippen LogP contribution in [0.5, 0.6) is 0 Å². The van der Waals surface area contributed by atoms with Crippen LogP contribution in [0.1, 0.15) is 37.4 Å². The predicted octanol–water partition coefficient (Wildman–Crippen LogP) is 3.98. The second kappa shape index (κ2) is 7.21. The number of para-hydroxylation sites is 1. The zero-order valence-electron chi connectivity index (χ0n) is 14.4. The van der Waals surface area contributed by atoms with E-state index < -0.39 is 17.7 Å². The Morgan fingerprint density at radius 2 is 2.04 bits per heavy atom. The summed E-state index contributed by atoms with van der Waals surface area (Å²) in [7, 11) is 0. The summed E-state index contributed by atoms with van der Waals surface area (Å²) in [6.07, 6.45) is 2.00. The van der Waals surface area contributed by atoms with E-state index >= 15 is 0 Å². The van der Waals surface area contributed by atoms with Crippen LogP contribution in [-0.2, 0) is 11.2 Å². The van der Waals surface area contributed by atoms with Gasteiger partial charge in [0.05, 0.1) is 12.6 Å². The molecule has 2 aromatic rings. The van der Waals surface area contributed by atoms with Crippen molar-refractivity contribution in [3.05, 3.63) is 65.2 Å². The number of aryl methyl sites for hydroxylation is 1. The molecule has 0 unspecified atom stereocenters. The third-order valence-corrected chi connectivity index (χ3v) is 4.79. The van der Waals surface area contributed by atoms with Crippen molar-refractivity contribution >= 4 is 11.6 Å². The van der Waals surface area contributed by atoms with Gasteiger partial charge in [-0.15, -0.1) is 0 Å². The number of nitrogens with one attached hydrogen (secondary N) is 1. The lowest BCUT2D eigenvalue weighted by Crippen LogP contribution is -2.45. The minimum atomic E-state index is -0.649. The molecule has 0 saturated heterocycles. The fourth-order valence-electron chi connectivity index (χ4n) is 3.37. The Morgan fingerprint density at radius 1 is 1.28 bits per heavy atom. The molecule has 1 amide bonds. The van der Waals surface area contributed by atoms with Gasteiger partial charge in [0.2, 0.25) is 5.91 Å². The lowest BCUT2D eigenvalue weighted by atomic mass is 9.96. The van der Waals surface area contributed by atoms with Crippen molar-refractivity contribution < 1.29 is 13.6 Å². The number of amides is 1. The highest BCUT2D eigenvalue weighted by molar-refractivity contribution is 5.82. The minimum absolute atomic E-state index is 0.181. The highest BCUT2D eigenvalue weighted by atomic mass is 19.1. The van der Waals surface area contributed by atoms with Crippen molar-refractivity contribution in [2.24, 2.45) is 0 Å². The number of hydrogen-bond donors (Lipinski definition) is 1. The summed E-state index contributed by atoms with van der Waals surface area (Å²) in [5.74, 6) is -1.46. The fourth-order valence-corrected chi connectivity index (χ4v) is 3.37. The van der Waals surface area contributed by atoms with E-state index in [1.165, 1.54) is 17.7 Å². The van der Waals surface area contributed by atoms with Gasteiger partial charge in [0, 0.05) is 23.4 Å². The first-order chi connectivity index (χ1) is 12.0. The summed E-state index contributed by atoms with van der Waals surface area (Å²) in [4.78, 5) is 14.6. The second-order valence-electron chi connectivity index (χ2n) is 6.60. The van der Waals surface area contributed by atoms with Crippen LogP contribution in [0.4, 0.5) is 14.5 Å². The Hall–Kier alpha value is -2.43. The molecule has 5 heteroatoms. The van der Waals surface area contributed by atoms with Crippen LogP contribution < -0.4 is 10.2 Å². The van der Waals surface area contributed by atoms with E-state index in [0.717, 1.165) is 24.6 Å². The average molecular weight is 344 g/mol. The quantitative estimate of drug-likeness (QED) is 0.910. The smallest absolute Gasteiger partial charge is 0.240 e. The lowest BCUT2D eigenvalue weighted by molar-refractivity contribution is -0.120. The highest BCUT2D eigenvalue weighted by Crippen LogP contribution is 2.30. The lowest BCUT2D eigenvalue weighted by Gasteiger charge is -2.36.